The largest absolute Gasteiger partial charge is 0.393 e. The van der Waals surface area contributed by atoms with E-state index in [1.54, 1.807) is 13.0 Å². The van der Waals surface area contributed by atoms with E-state index in [4.69, 9.17) is 5.11 Å². The lowest BCUT2D eigenvalue weighted by Gasteiger charge is -2.06. The Morgan fingerprint density at radius 1 is 1.27 bits per heavy atom. The summed E-state index contributed by atoms with van der Waals surface area (Å²) in [5, 5.41) is 18.1. The molecule has 0 saturated heterocycles. The number of hydrogen-bond acceptors (Lipinski definition) is 2. The quantitative estimate of drug-likeness (QED) is 0.595. The lowest BCUT2D eigenvalue weighted by Crippen LogP contribution is -2.05. The molecular formula is C9H18O2. The van der Waals surface area contributed by atoms with Crippen LogP contribution in [0.25, 0.3) is 0 Å². The van der Waals surface area contributed by atoms with Gasteiger partial charge >= 0.3 is 0 Å². The van der Waals surface area contributed by atoms with Crippen LogP contribution in [0.4, 0.5) is 0 Å². The molecule has 0 aliphatic carbocycles. The fourth-order valence-corrected chi connectivity index (χ4v) is 0.941. The monoisotopic (exact) mass is 158 g/mol. The first kappa shape index (κ1) is 10.7. The van der Waals surface area contributed by atoms with Crippen LogP contribution in [0.2, 0.25) is 0 Å². The van der Waals surface area contributed by atoms with Crippen LogP contribution in [-0.2, 0) is 0 Å². The Bertz CT molecular complexity index is 108. The zero-order valence-corrected chi connectivity index (χ0v) is 7.33. The average Bonchev–Trinajstić information content (AvgIpc) is 1.87. The van der Waals surface area contributed by atoms with Crippen LogP contribution < -0.4 is 0 Å². The van der Waals surface area contributed by atoms with Crippen LogP contribution in [-0.4, -0.2) is 22.4 Å². The summed E-state index contributed by atoms with van der Waals surface area (Å²) in [6, 6.07) is 0. The van der Waals surface area contributed by atoms with E-state index in [0.29, 0.717) is 0 Å². The molecule has 0 rings (SSSR count). The molecule has 0 heterocycles. The molecule has 0 aliphatic rings. The van der Waals surface area contributed by atoms with Gasteiger partial charge < -0.3 is 10.2 Å². The van der Waals surface area contributed by atoms with Crippen LogP contribution in [0.15, 0.2) is 12.2 Å². The molecule has 0 radical (unpaired) electrons. The lowest BCUT2D eigenvalue weighted by atomic mass is 10.1. The van der Waals surface area contributed by atoms with Crippen molar-refractivity contribution in [2.24, 2.45) is 0 Å². The van der Waals surface area contributed by atoms with E-state index in [-0.39, 0.29) is 12.2 Å². The van der Waals surface area contributed by atoms with Crippen molar-refractivity contribution in [3.63, 3.8) is 0 Å². The normalized spacial score (nSPS) is 17.1. The Morgan fingerprint density at radius 2 is 1.91 bits per heavy atom. The molecule has 0 amide bonds. The summed E-state index contributed by atoms with van der Waals surface area (Å²) in [7, 11) is 0. The summed E-state index contributed by atoms with van der Waals surface area (Å²) in [4.78, 5) is 0. The summed E-state index contributed by atoms with van der Waals surface area (Å²) in [5.41, 5.74) is 0. The molecule has 66 valence electrons. The van der Waals surface area contributed by atoms with E-state index in [1.807, 2.05) is 13.0 Å². The van der Waals surface area contributed by atoms with Crippen molar-refractivity contribution in [3.05, 3.63) is 12.2 Å². The number of hydrogen-bond donors (Lipinski definition) is 2. The lowest BCUT2D eigenvalue weighted by molar-refractivity contribution is 0.164. The van der Waals surface area contributed by atoms with Gasteiger partial charge in [0.15, 0.2) is 0 Å². The Kier molecular flexibility index (Phi) is 6.18. The van der Waals surface area contributed by atoms with Gasteiger partial charge in [-0.2, -0.15) is 0 Å². The first-order chi connectivity index (χ1) is 5.16. The standard InChI is InChI=1S/C9H18O2/c1-3-5-9(11)7-4-6-8(2)10/h3,5,8-11H,4,6-7H2,1-2H3/b5-3+. The highest BCUT2D eigenvalue weighted by Gasteiger charge is 2.00. The van der Waals surface area contributed by atoms with Crippen molar-refractivity contribution >= 4 is 0 Å². The van der Waals surface area contributed by atoms with Gasteiger partial charge in [-0.15, -0.1) is 0 Å². The number of aliphatic hydroxyl groups excluding tert-OH is 2. The second-order valence-electron chi connectivity index (χ2n) is 2.87. The van der Waals surface area contributed by atoms with Gasteiger partial charge in [-0.1, -0.05) is 12.2 Å². The Balaban J connectivity index is 3.24. The highest BCUT2D eigenvalue weighted by atomic mass is 16.3. The van der Waals surface area contributed by atoms with Gasteiger partial charge in [-0.3, -0.25) is 0 Å². The molecule has 11 heavy (non-hydrogen) atoms. The molecule has 2 unspecified atom stereocenters. The third-order valence-electron chi connectivity index (χ3n) is 1.54. The molecule has 2 heteroatoms. The van der Waals surface area contributed by atoms with E-state index in [9.17, 15) is 5.11 Å². The smallest absolute Gasteiger partial charge is 0.0720 e. The van der Waals surface area contributed by atoms with Crippen molar-refractivity contribution in [2.45, 2.75) is 45.3 Å². The molecule has 0 fully saturated rings. The Morgan fingerprint density at radius 3 is 2.36 bits per heavy atom. The molecule has 2 N–H and O–H groups in total. The molecule has 0 aromatic carbocycles. The average molecular weight is 158 g/mol. The summed E-state index contributed by atoms with van der Waals surface area (Å²) < 4.78 is 0. The predicted octanol–water partition coefficient (Wildman–Crippen LogP) is 1.47. The predicted molar refractivity (Wildman–Crippen MR) is 46.4 cm³/mol. The van der Waals surface area contributed by atoms with E-state index >= 15 is 0 Å². The van der Waals surface area contributed by atoms with Gasteiger partial charge in [-0.25, -0.2) is 0 Å². The number of allylic oxidation sites excluding steroid dienone is 1. The van der Waals surface area contributed by atoms with E-state index in [1.165, 1.54) is 0 Å². The van der Waals surface area contributed by atoms with Gasteiger partial charge in [-0.05, 0) is 33.1 Å². The van der Waals surface area contributed by atoms with Gasteiger partial charge in [0.1, 0.15) is 0 Å². The van der Waals surface area contributed by atoms with Crippen LogP contribution in [0.1, 0.15) is 33.1 Å². The van der Waals surface area contributed by atoms with Crippen LogP contribution in [0.5, 0.6) is 0 Å². The molecule has 0 saturated carbocycles. The summed E-state index contributed by atoms with van der Waals surface area (Å²) in [6.45, 7) is 3.65. The van der Waals surface area contributed by atoms with Crippen molar-refractivity contribution in [2.75, 3.05) is 0 Å². The van der Waals surface area contributed by atoms with Crippen LogP contribution in [0, 0.1) is 0 Å². The van der Waals surface area contributed by atoms with E-state index in [2.05, 4.69) is 0 Å². The van der Waals surface area contributed by atoms with Crippen molar-refractivity contribution in [3.8, 4) is 0 Å². The highest BCUT2D eigenvalue weighted by Crippen LogP contribution is 2.04. The molecule has 0 bridgehead atoms. The Labute approximate surface area is 68.6 Å². The fourth-order valence-electron chi connectivity index (χ4n) is 0.941. The molecular weight excluding hydrogens is 140 g/mol. The number of rotatable bonds is 5. The van der Waals surface area contributed by atoms with Crippen molar-refractivity contribution in [1.82, 2.24) is 0 Å². The fraction of sp³-hybridized carbons (Fsp3) is 0.778. The summed E-state index contributed by atoms with van der Waals surface area (Å²) in [5.74, 6) is 0. The van der Waals surface area contributed by atoms with Crippen LogP contribution >= 0.6 is 0 Å². The first-order valence-corrected chi connectivity index (χ1v) is 4.15. The minimum absolute atomic E-state index is 0.243. The van der Waals surface area contributed by atoms with Crippen LogP contribution in [0.3, 0.4) is 0 Å². The van der Waals surface area contributed by atoms with Gasteiger partial charge in [0.05, 0.1) is 12.2 Å². The zero-order valence-electron chi connectivity index (χ0n) is 7.33. The van der Waals surface area contributed by atoms with Gasteiger partial charge in [0.2, 0.25) is 0 Å². The molecule has 0 spiro atoms. The third-order valence-corrected chi connectivity index (χ3v) is 1.54. The highest BCUT2D eigenvalue weighted by molar-refractivity contribution is 4.84. The van der Waals surface area contributed by atoms with E-state index in [0.717, 1.165) is 19.3 Å². The summed E-state index contributed by atoms with van der Waals surface area (Å²) in [6.07, 6.45) is 5.42. The van der Waals surface area contributed by atoms with E-state index < -0.39 is 0 Å². The third kappa shape index (κ3) is 7.56. The minimum Gasteiger partial charge on any atom is -0.393 e. The van der Waals surface area contributed by atoms with Gasteiger partial charge in [0.25, 0.3) is 0 Å². The zero-order chi connectivity index (χ0) is 8.69. The minimum atomic E-state index is -0.334. The topological polar surface area (TPSA) is 40.5 Å². The van der Waals surface area contributed by atoms with Gasteiger partial charge in [0, 0.05) is 0 Å². The van der Waals surface area contributed by atoms with Crippen molar-refractivity contribution in [1.29, 1.82) is 0 Å². The molecule has 2 atom stereocenters. The van der Waals surface area contributed by atoms with Crippen molar-refractivity contribution < 1.29 is 10.2 Å². The second kappa shape index (κ2) is 6.38. The maximum atomic E-state index is 9.19. The molecule has 0 aromatic heterocycles. The maximum absolute atomic E-state index is 9.19. The second-order valence-corrected chi connectivity index (χ2v) is 2.87. The molecule has 0 aromatic rings. The first-order valence-electron chi connectivity index (χ1n) is 4.15. The Hall–Kier alpha value is -0.340. The SMILES string of the molecule is C/C=C/C(O)CCCC(C)O. The summed E-state index contributed by atoms with van der Waals surface area (Å²) >= 11 is 0. The number of aliphatic hydroxyl groups is 2. The molecule has 0 aliphatic heterocycles. The maximum Gasteiger partial charge on any atom is 0.0720 e. The molecule has 2 nitrogen and oxygen atoms in total.